The van der Waals surface area contributed by atoms with Gasteiger partial charge in [-0.3, -0.25) is 0 Å². The van der Waals surface area contributed by atoms with Crippen LogP contribution in [0, 0.1) is 0 Å². The second kappa shape index (κ2) is 9.14. The molecule has 0 aliphatic heterocycles. The largest absolute Gasteiger partial charge is 0.236 e. The van der Waals surface area contributed by atoms with Gasteiger partial charge in [-0.25, -0.2) is 14.6 Å². The maximum Gasteiger partial charge on any atom is 0.236 e. The van der Waals surface area contributed by atoms with Crippen molar-refractivity contribution in [2.24, 2.45) is 9.98 Å². The summed E-state index contributed by atoms with van der Waals surface area (Å²) in [7, 11) is 0. The first-order valence-corrected chi connectivity index (χ1v) is 4.49. The Hall–Kier alpha value is -0.950. The molecule has 0 N–H and O–H groups in total. The van der Waals surface area contributed by atoms with E-state index in [0.717, 1.165) is 19.3 Å². The zero-order valence-electron chi connectivity index (χ0n) is 7.20. The maximum atomic E-state index is 9.76. The molecule has 0 aromatic carbocycles. The second-order valence-electron chi connectivity index (χ2n) is 2.48. The minimum atomic E-state index is -0.466. The molecular weight excluding hydrogens is 192 g/mol. The Morgan fingerprint density at radius 3 is 2.54 bits per heavy atom. The molecule has 4 nitrogen and oxygen atoms in total. The van der Waals surface area contributed by atoms with Crippen molar-refractivity contribution in [3.05, 3.63) is 0 Å². The number of aliphatic imine (C=N–C) groups is 2. The number of halogens is 1. The van der Waals surface area contributed by atoms with E-state index in [-0.39, 0.29) is 0 Å². The van der Waals surface area contributed by atoms with Crippen molar-refractivity contribution in [1.82, 2.24) is 0 Å². The van der Waals surface area contributed by atoms with Gasteiger partial charge in [0.05, 0.1) is 6.54 Å². The Balaban J connectivity index is 3.24. The highest BCUT2D eigenvalue weighted by Gasteiger charge is 1.99. The molecule has 1 unspecified atom stereocenters. The number of hydrogen-bond acceptors (Lipinski definition) is 4. The molecule has 0 radical (unpaired) electrons. The Morgan fingerprint density at radius 2 is 1.92 bits per heavy atom. The quantitative estimate of drug-likeness (QED) is 0.208. The lowest BCUT2D eigenvalue weighted by molar-refractivity contribution is 0.556. The van der Waals surface area contributed by atoms with Crippen LogP contribution in [0.3, 0.4) is 0 Å². The van der Waals surface area contributed by atoms with Crippen LogP contribution in [0.25, 0.3) is 0 Å². The van der Waals surface area contributed by atoms with Crippen LogP contribution in [0.5, 0.6) is 0 Å². The van der Waals surface area contributed by atoms with Gasteiger partial charge in [0.25, 0.3) is 0 Å². The van der Waals surface area contributed by atoms with Crippen molar-refractivity contribution in [1.29, 1.82) is 0 Å². The summed E-state index contributed by atoms with van der Waals surface area (Å²) in [4.78, 5) is 26.1. The predicted molar refractivity (Wildman–Crippen MR) is 49.2 cm³/mol. The third-order valence-electron chi connectivity index (χ3n) is 1.47. The third kappa shape index (κ3) is 8.96. The molecule has 5 heteroatoms. The van der Waals surface area contributed by atoms with Crippen molar-refractivity contribution >= 4 is 23.8 Å². The van der Waals surface area contributed by atoms with Crippen LogP contribution in [0.1, 0.15) is 25.7 Å². The summed E-state index contributed by atoms with van der Waals surface area (Å²) in [5, 5.41) is 0. The highest BCUT2D eigenvalue weighted by Crippen LogP contribution is 2.09. The zero-order chi connectivity index (χ0) is 9.94. The molecule has 0 fully saturated rings. The fraction of sp³-hybridized carbons (Fsp3) is 0.750. The fourth-order valence-corrected chi connectivity index (χ4v) is 1.04. The van der Waals surface area contributed by atoms with E-state index in [1.807, 2.05) is 0 Å². The molecule has 0 aromatic heterocycles. The smallest absolute Gasteiger partial charge is 0.211 e. The van der Waals surface area contributed by atoms with Gasteiger partial charge in [-0.1, -0.05) is 18.0 Å². The van der Waals surface area contributed by atoms with E-state index >= 15 is 0 Å². The van der Waals surface area contributed by atoms with Crippen molar-refractivity contribution in [3.63, 3.8) is 0 Å². The molecule has 72 valence electrons. The zero-order valence-corrected chi connectivity index (χ0v) is 7.96. The van der Waals surface area contributed by atoms with Gasteiger partial charge in [-0.15, -0.1) is 0 Å². The SMILES string of the molecule is O=C=NCCCCCC(Cl)N=C=O. The summed E-state index contributed by atoms with van der Waals surface area (Å²) in [6.07, 6.45) is 6.15. The first-order valence-electron chi connectivity index (χ1n) is 4.06. The van der Waals surface area contributed by atoms with Crippen molar-refractivity contribution in [2.75, 3.05) is 6.54 Å². The molecule has 0 saturated heterocycles. The maximum absolute atomic E-state index is 9.76. The van der Waals surface area contributed by atoms with Crippen LogP contribution in [-0.2, 0) is 9.59 Å². The number of alkyl halides is 1. The lowest BCUT2D eigenvalue weighted by atomic mass is 10.2. The fourth-order valence-electron chi connectivity index (χ4n) is 0.848. The van der Waals surface area contributed by atoms with Crippen LogP contribution < -0.4 is 0 Å². The molecule has 13 heavy (non-hydrogen) atoms. The second-order valence-corrected chi connectivity index (χ2v) is 2.98. The number of nitrogens with zero attached hydrogens (tertiary/aromatic N) is 2. The molecule has 1 atom stereocenters. The predicted octanol–water partition coefficient (Wildman–Crippen LogP) is 1.78. The number of carbonyl (C=O) groups excluding carboxylic acids is 2. The molecular formula is C8H11ClN2O2. The molecule has 0 aliphatic rings. The van der Waals surface area contributed by atoms with Crippen LogP contribution in [0.2, 0.25) is 0 Å². The highest BCUT2D eigenvalue weighted by molar-refractivity contribution is 6.20. The first kappa shape index (κ1) is 12.0. The normalized spacial score (nSPS) is 11.2. The summed E-state index contributed by atoms with van der Waals surface area (Å²) < 4.78 is 0. The van der Waals surface area contributed by atoms with Gasteiger partial charge in [0.15, 0.2) is 0 Å². The number of unbranched alkanes of at least 4 members (excludes halogenated alkanes) is 2. The summed E-state index contributed by atoms with van der Waals surface area (Å²) in [6.45, 7) is 0.507. The van der Waals surface area contributed by atoms with E-state index in [1.54, 1.807) is 0 Å². The highest BCUT2D eigenvalue weighted by atomic mass is 35.5. The summed E-state index contributed by atoms with van der Waals surface area (Å²) in [5.41, 5.74) is -0.466. The molecule has 0 rings (SSSR count). The third-order valence-corrected chi connectivity index (χ3v) is 1.79. The summed E-state index contributed by atoms with van der Waals surface area (Å²) >= 11 is 5.61. The van der Waals surface area contributed by atoms with E-state index in [0.29, 0.717) is 13.0 Å². The minimum Gasteiger partial charge on any atom is -0.211 e. The van der Waals surface area contributed by atoms with E-state index in [9.17, 15) is 9.59 Å². The van der Waals surface area contributed by atoms with Gasteiger partial charge in [0, 0.05) is 0 Å². The summed E-state index contributed by atoms with van der Waals surface area (Å²) in [6, 6.07) is 0. The van der Waals surface area contributed by atoms with Gasteiger partial charge >= 0.3 is 0 Å². The van der Waals surface area contributed by atoms with Gasteiger partial charge in [-0.05, 0) is 19.3 Å². The topological polar surface area (TPSA) is 58.9 Å². The average Bonchev–Trinajstić information content (AvgIpc) is 2.11. The molecule has 0 heterocycles. The van der Waals surface area contributed by atoms with Crippen molar-refractivity contribution in [3.8, 4) is 0 Å². The van der Waals surface area contributed by atoms with Gasteiger partial charge < -0.3 is 0 Å². The number of rotatable bonds is 7. The molecule has 0 aliphatic carbocycles. The average molecular weight is 203 g/mol. The van der Waals surface area contributed by atoms with E-state index in [2.05, 4.69) is 9.98 Å². The van der Waals surface area contributed by atoms with Gasteiger partial charge in [0.2, 0.25) is 12.2 Å². The Bertz CT molecular complexity index is 220. The number of hydrogen-bond donors (Lipinski definition) is 0. The summed E-state index contributed by atoms with van der Waals surface area (Å²) in [5.74, 6) is 0. The standard InChI is InChI=1S/C8H11ClN2O2/c9-8(11-7-13)4-2-1-3-5-10-6-12/h8H,1-5H2. The van der Waals surface area contributed by atoms with Crippen molar-refractivity contribution in [2.45, 2.75) is 31.2 Å². The monoisotopic (exact) mass is 202 g/mol. The first-order chi connectivity index (χ1) is 6.31. The van der Waals surface area contributed by atoms with E-state index < -0.39 is 5.50 Å². The van der Waals surface area contributed by atoms with Gasteiger partial charge in [-0.2, -0.15) is 4.99 Å². The molecule has 0 saturated carbocycles. The van der Waals surface area contributed by atoms with Crippen LogP contribution in [-0.4, -0.2) is 24.2 Å². The van der Waals surface area contributed by atoms with Crippen LogP contribution in [0.4, 0.5) is 0 Å². The van der Waals surface area contributed by atoms with E-state index in [1.165, 1.54) is 12.2 Å². The van der Waals surface area contributed by atoms with Gasteiger partial charge in [0.1, 0.15) is 5.50 Å². The lowest BCUT2D eigenvalue weighted by Crippen LogP contribution is -1.93. The van der Waals surface area contributed by atoms with E-state index in [4.69, 9.17) is 11.6 Å². The lowest BCUT2D eigenvalue weighted by Gasteiger charge is -1.99. The Morgan fingerprint density at radius 1 is 1.15 bits per heavy atom. The van der Waals surface area contributed by atoms with Crippen molar-refractivity contribution < 1.29 is 9.59 Å². The minimum absolute atomic E-state index is 0.466. The molecule has 0 spiro atoms. The molecule has 0 bridgehead atoms. The Kier molecular flexibility index (Phi) is 8.47. The number of isocyanates is 2. The van der Waals surface area contributed by atoms with Crippen LogP contribution >= 0.6 is 11.6 Å². The van der Waals surface area contributed by atoms with Crippen LogP contribution in [0.15, 0.2) is 9.98 Å². The molecule has 0 aromatic rings. The molecule has 0 amide bonds. The Labute approximate surface area is 81.7 Å².